The number of aromatic nitrogens is 3. The van der Waals surface area contributed by atoms with E-state index in [1.54, 1.807) is 24.3 Å². The van der Waals surface area contributed by atoms with Gasteiger partial charge in [-0.1, -0.05) is 12.1 Å². The number of rotatable bonds is 5. The molecule has 7 nitrogen and oxygen atoms in total. The number of hydrogen-bond acceptors (Lipinski definition) is 5. The van der Waals surface area contributed by atoms with E-state index in [-0.39, 0.29) is 23.7 Å². The second kappa shape index (κ2) is 6.08. The first kappa shape index (κ1) is 13.8. The fourth-order valence-corrected chi connectivity index (χ4v) is 1.83. The molecule has 0 bridgehead atoms. The highest BCUT2D eigenvalue weighted by molar-refractivity contribution is 5.97. The molecule has 2 aromatic heterocycles. The number of furan rings is 1. The summed E-state index contributed by atoms with van der Waals surface area (Å²) in [5, 5.41) is 15.3. The minimum absolute atomic E-state index is 0.0369. The third-order valence-corrected chi connectivity index (χ3v) is 2.89. The summed E-state index contributed by atoms with van der Waals surface area (Å²) in [6.45, 7) is 0.220. The molecule has 8 heteroatoms. The summed E-state index contributed by atoms with van der Waals surface area (Å²) in [7, 11) is 0. The minimum Gasteiger partial charge on any atom is -0.467 e. The predicted molar refractivity (Wildman–Crippen MR) is 75.9 cm³/mol. The molecule has 1 aromatic carbocycles. The van der Waals surface area contributed by atoms with Gasteiger partial charge in [0.2, 0.25) is 0 Å². The molecule has 2 heterocycles. The zero-order chi connectivity index (χ0) is 15.4. The molecule has 3 N–H and O–H groups in total. The number of H-pyrrole nitrogens is 1. The Bertz CT molecular complexity index is 769. The third-order valence-electron chi connectivity index (χ3n) is 2.89. The molecule has 112 valence electrons. The topological polar surface area (TPSA) is 95.8 Å². The van der Waals surface area contributed by atoms with Crippen LogP contribution in [-0.4, -0.2) is 21.3 Å². The van der Waals surface area contributed by atoms with E-state index < -0.39 is 11.7 Å². The number of para-hydroxylation sites is 1. The standard InChI is InChI=1S/C14H12FN5O2/c15-10-5-1-2-6-11(10)17-13-12(18-20-19-13)14(21)16-8-9-4-3-7-22-9/h1-7H,8H2,(H,16,21)(H2,17,18,19,20). The summed E-state index contributed by atoms with van der Waals surface area (Å²) in [5.74, 6) is -0.154. The maximum atomic E-state index is 13.6. The fourth-order valence-electron chi connectivity index (χ4n) is 1.83. The van der Waals surface area contributed by atoms with Crippen molar-refractivity contribution in [3.8, 4) is 0 Å². The highest BCUT2D eigenvalue weighted by atomic mass is 19.1. The van der Waals surface area contributed by atoms with Gasteiger partial charge in [0.1, 0.15) is 11.6 Å². The summed E-state index contributed by atoms with van der Waals surface area (Å²) >= 11 is 0. The lowest BCUT2D eigenvalue weighted by atomic mass is 10.3. The van der Waals surface area contributed by atoms with Gasteiger partial charge in [-0.3, -0.25) is 4.79 Å². The molecule has 0 saturated heterocycles. The molecule has 0 aliphatic carbocycles. The lowest BCUT2D eigenvalue weighted by Crippen LogP contribution is -2.23. The molecule has 0 aliphatic rings. The molecule has 0 spiro atoms. The summed E-state index contributed by atoms with van der Waals surface area (Å²) in [4.78, 5) is 12.1. The van der Waals surface area contributed by atoms with Crippen molar-refractivity contribution in [2.45, 2.75) is 6.54 Å². The van der Waals surface area contributed by atoms with Crippen LogP contribution in [0.5, 0.6) is 0 Å². The van der Waals surface area contributed by atoms with E-state index in [0.717, 1.165) is 0 Å². The molecule has 3 rings (SSSR count). The first-order valence-electron chi connectivity index (χ1n) is 6.47. The zero-order valence-electron chi connectivity index (χ0n) is 11.3. The Hall–Kier alpha value is -3.16. The van der Waals surface area contributed by atoms with Gasteiger partial charge in [-0.2, -0.15) is 5.21 Å². The van der Waals surface area contributed by atoms with Gasteiger partial charge in [-0.15, -0.1) is 10.2 Å². The van der Waals surface area contributed by atoms with Crippen molar-refractivity contribution in [1.82, 2.24) is 20.7 Å². The zero-order valence-corrected chi connectivity index (χ0v) is 11.3. The molecule has 0 fully saturated rings. The number of amides is 1. The number of carbonyl (C=O) groups excluding carboxylic acids is 1. The molecule has 0 aliphatic heterocycles. The summed E-state index contributed by atoms with van der Waals surface area (Å²) in [6.07, 6.45) is 1.52. The lowest BCUT2D eigenvalue weighted by molar-refractivity contribution is 0.0944. The Labute approximate surface area is 124 Å². The third kappa shape index (κ3) is 2.95. The van der Waals surface area contributed by atoms with Crippen molar-refractivity contribution in [1.29, 1.82) is 0 Å². The number of nitrogens with one attached hydrogen (secondary N) is 3. The van der Waals surface area contributed by atoms with Crippen LogP contribution < -0.4 is 10.6 Å². The quantitative estimate of drug-likeness (QED) is 0.671. The highest BCUT2D eigenvalue weighted by Crippen LogP contribution is 2.19. The van der Waals surface area contributed by atoms with Gasteiger partial charge in [-0.05, 0) is 24.3 Å². The smallest absolute Gasteiger partial charge is 0.276 e. The first-order chi connectivity index (χ1) is 10.7. The monoisotopic (exact) mass is 301 g/mol. The number of anilines is 2. The molecular weight excluding hydrogens is 289 g/mol. The molecule has 0 saturated carbocycles. The Balaban J connectivity index is 1.71. The van der Waals surface area contributed by atoms with E-state index in [0.29, 0.717) is 5.76 Å². The van der Waals surface area contributed by atoms with Gasteiger partial charge in [-0.25, -0.2) is 4.39 Å². The van der Waals surface area contributed by atoms with Crippen LogP contribution in [0.4, 0.5) is 15.9 Å². The highest BCUT2D eigenvalue weighted by Gasteiger charge is 2.17. The Morgan fingerprint density at radius 2 is 2.09 bits per heavy atom. The van der Waals surface area contributed by atoms with E-state index in [4.69, 9.17) is 4.42 Å². The van der Waals surface area contributed by atoms with Crippen molar-refractivity contribution in [3.63, 3.8) is 0 Å². The van der Waals surface area contributed by atoms with Crippen LogP contribution in [0.2, 0.25) is 0 Å². The number of benzene rings is 1. The van der Waals surface area contributed by atoms with Crippen LogP contribution in [0.25, 0.3) is 0 Å². The van der Waals surface area contributed by atoms with Gasteiger partial charge in [0, 0.05) is 0 Å². The van der Waals surface area contributed by atoms with E-state index in [9.17, 15) is 9.18 Å². The second-order valence-electron chi connectivity index (χ2n) is 4.39. The van der Waals surface area contributed by atoms with Crippen LogP contribution in [0.15, 0.2) is 47.1 Å². The van der Waals surface area contributed by atoms with Crippen LogP contribution in [0, 0.1) is 5.82 Å². The summed E-state index contributed by atoms with van der Waals surface area (Å²) < 4.78 is 18.7. The first-order valence-corrected chi connectivity index (χ1v) is 6.47. The summed E-state index contributed by atoms with van der Waals surface area (Å²) in [5.41, 5.74) is 0.242. The maximum absolute atomic E-state index is 13.6. The SMILES string of the molecule is O=C(NCc1ccco1)c1n[nH]nc1Nc1ccccc1F. The normalized spacial score (nSPS) is 10.4. The maximum Gasteiger partial charge on any atom is 0.276 e. The summed E-state index contributed by atoms with van der Waals surface area (Å²) in [6, 6.07) is 9.54. The number of carbonyl (C=O) groups is 1. The Morgan fingerprint density at radius 3 is 2.86 bits per heavy atom. The van der Waals surface area contributed by atoms with Crippen molar-refractivity contribution in [3.05, 3.63) is 59.9 Å². The van der Waals surface area contributed by atoms with E-state index >= 15 is 0 Å². The van der Waals surface area contributed by atoms with Crippen LogP contribution in [0.1, 0.15) is 16.2 Å². The lowest BCUT2D eigenvalue weighted by Gasteiger charge is -2.06. The Kier molecular flexibility index (Phi) is 3.82. The molecule has 3 aromatic rings. The van der Waals surface area contributed by atoms with E-state index in [2.05, 4.69) is 26.0 Å². The van der Waals surface area contributed by atoms with Crippen LogP contribution >= 0.6 is 0 Å². The predicted octanol–water partition coefficient (Wildman–Crippen LogP) is 2.21. The molecule has 0 unspecified atom stereocenters. The molecule has 1 amide bonds. The van der Waals surface area contributed by atoms with Crippen LogP contribution in [-0.2, 0) is 6.54 Å². The molecule has 22 heavy (non-hydrogen) atoms. The molecule has 0 atom stereocenters. The van der Waals surface area contributed by atoms with Crippen molar-refractivity contribution in [2.75, 3.05) is 5.32 Å². The Morgan fingerprint density at radius 1 is 1.23 bits per heavy atom. The minimum atomic E-state index is -0.455. The fraction of sp³-hybridized carbons (Fsp3) is 0.0714. The van der Waals surface area contributed by atoms with Crippen molar-refractivity contribution < 1.29 is 13.6 Å². The van der Waals surface area contributed by atoms with E-state index in [1.165, 1.54) is 18.4 Å². The number of aromatic amines is 1. The average Bonchev–Trinajstić information content (AvgIpc) is 3.18. The second-order valence-corrected chi connectivity index (χ2v) is 4.39. The van der Waals surface area contributed by atoms with Gasteiger partial charge in [0.15, 0.2) is 11.5 Å². The van der Waals surface area contributed by atoms with E-state index in [1.807, 2.05) is 0 Å². The van der Waals surface area contributed by atoms with Crippen molar-refractivity contribution >= 4 is 17.4 Å². The number of halogens is 1. The van der Waals surface area contributed by atoms with Gasteiger partial charge >= 0.3 is 0 Å². The average molecular weight is 301 g/mol. The van der Waals surface area contributed by atoms with Crippen LogP contribution in [0.3, 0.4) is 0 Å². The molecule has 0 radical (unpaired) electrons. The van der Waals surface area contributed by atoms with Gasteiger partial charge in [0.05, 0.1) is 18.5 Å². The van der Waals surface area contributed by atoms with Gasteiger partial charge in [0.25, 0.3) is 5.91 Å². The number of hydrogen-bond donors (Lipinski definition) is 3. The number of nitrogens with zero attached hydrogens (tertiary/aromatic N) is 2. The van der Waals surface area contributed by atoms with Crippen molar-refractivity contribution in [2.24, 2.45) is 0 Å². The molecular formula is C14H12FN5O2. The van der Waals surface area contributed by atoms with Gasteiger partial charge < -0.3 is 15.1 Å². The largest absolute Gasteiger partial charge is 0.467 e.